The molecule has 0 aliphatic carbocycles. The van der Waals surface area contributed by atoms with Gasteiger partial charge in [-0.1, -0.05) is 54.1 Å². The molecule has 0 radical (unpaired) electrons. The quantitative estimate of drug-likeness (QED) is 0.918. The number of nitrogens with one attached hydrogen (secondary N) is 1. The minimum Gasteiger partial charge on any atom is -0.212 e. The summed E-state index contributed by atoms with van der Waals surface area (Å²) >= 11 is 5.82. The van der Waals surface area contributed by atoms with Crippen LogP contribution in [0.3, 0.4) is 0 Å². The molecule has 0 aliphatic heterocycles. The van der Waals surface area contributed by atoms with Gasteiger partial charge < -0.3 is 0 Å². The van der Waals surface area contributed by atoms with E-state index in [0.717, 1.165) is 11.1 Å². The lowest BCUT2D eigenvalue weighted by atomic mass is 10.1. The second-order valence-electron chi connectivity index (χ2n) is 4.64. The van der Waals surface area contributed by atoms with Crippen molar-refractivity contribution in [3.63, 3.8) is 0 Å². The Labute approximate surface area is 124 Å². The Balaban J connectivity index is 2.06. The first-order valence-electron chi connectivity index (χ1n) is 6.26. The first-order valence-corrected chi connectivity index (χ1v) is 8.29. The Hall–Kier alpha value is -1.36. The fourth-order valence-electron chi connectivity index (χ4n) is 1.92. The molecule has 0 aliphatic rings. The van der Waals surface area contributed by atoms with E-state index in [2.05, 4.69) is 4.72 Å². The highest BCUT2D eigenvalue weighted by molar-refractivity contribution is 7.88. The fraction of sp³-hybridized carbons (Fsp3) is 0.200. The molecule has 0 amide bonds. The summed E-state index contributed by atoms with van der Waals surface area (Å²) in [6.07, 6.45) is 0. The third-order valence-electron chi connectivity index (χ3n) is 2.93. The van der Waals surface area contributed by atoms with Crippen LogP contribution in [0, 0.1) is 0 Å². The van der Waals surface area contributed by atoms with Crippen LogP contribution < -0.4 is 4.72 Å². The van der Waals surface area contributed by atoms with Crippen molar-refractivity contribution in [1.82, 2.24) is 4.72 Å². The van der Waals surface area contributed by atoms with E-state index in [4.69, 9.17) is 11.6 Å². The maximum absolute atomic E-state index is 12.1. The summed E-state index contributed by atoms with van der Waals surface area (Å²) in [4.78, 5) is 0. The van der Waals surface area contributed by atoms with Gasteiger partial charge in [-0.3, -0.25) is 0 Å². The highest BCUT2D eigenvalue weighted by Gasteiger charge is 2.16. The molecule has 0 spiro atoms. The number of hydrogen-bond acceptors (Lipinski definition) is 2. The molecule has 2 aromatic rings. The summed E-state index contributed by atoms with van der Waals surface area (Å²) in [7, 11) is -3.38. The van der Waals surface area contributed by atoms with Gasteiger partial charge >= 0.3 is 0 Å². The monoisotopic (exact) mass is 309 g/mol. The molecule has 106 valence electrons. The highest BCUT2D eigenvalue weighted by Crippen LogP contribution is 2.17. The number of benzene rings is 2. The van der Waals surface area contributed by atoms with Gasteiger partial charge in [-0.15, -0.1) is 0 Å². The van der Waals surface area contributed by atoms with Crippen LogP contribution in [0.15, 0.2) is 54.6 Å². The van der Waals surface area contributed by atoms with E-state index < -0.39 is 10.0 Å². The fourth-order valence-corrected chi connectivity index (χ4v) is 3.44. The summed E-state index contributed by atoms with van der Waals surface area (Å²) in [6, 6.07) is 16.0. The van der Waals surface area contributed by atoms with Gasteiger partial charge in [0.15, 0.2) is 0 Å². The van der Waals surface area contributed by atoms with Gasteiger partial charge in [0.1, 0.15) is 0 Å². The van der Waals surface area contributed by atoms with Crippen LogP contribution in [-0.4, -0.2) is 8.42 Å². The van der Waals surface area contributed by atoms with Crippen LogP contribution in [0.25, 0.3) is 0 Å². The highest BCUT2D eigenvalue weighted by atomic mass is 35.5. The molecule has 20 heavy (non-hydrogen) atoms. The topological polar surface area (TPSA) is 46.2 Å². The van der Waals surface area contributed by atoms with Crippen LogP contribution in [0.4, 0.5) is 0 Å². The van der Waals surface area contributed by atoms with Gasteiger partial charge in [0.25, 0.3) is 0 Å². The molecule has 2 rings (SSSR count). The molecule has 1 N–H and O–H groups in total. The van der Waals surface area contributed by atoms with E-state index in [1.54, 1.807) is 24.3 Å². The number of halogens is 1. The number of sulfonamides is 1. The van der Waals surface area contributed by atoms with E-state index in [1.165, 1.54) is 0 Å². The molecule has 0 heterocycles. The third-order valence-corrected chi connectivity index (χ3v) is 4.60. The first-order chi connectivity index (χ1) is 9.46. The van der Waals surface area contributed by atoms with E-state index in [-0.39, 0.29) is 11.8 Å². The Morgan fingerprint density at radius 3 is 2.25 bits per heavy atom. The van der Waals surface area contributed by atoms with Crippen LogP contribution in [0.1, 0.15) is 24.1 Å². The average molecular weight is 310 g/mol. The van der Waals surface area contributed by atoms with E-state index in [0.29, 0.717) is 5.02 Å². The van der Waals surface area contributed by atoms with Crippen molar-refractivity contribution in [2.45, 2.75) is 18.7 Å². The predicted octanol–water partition coefficient (Wildman–Crippen LogP) is 3.52. The zero-order chi connectivity index (χ0) is 14.6. The second kappa shape index (κ2) is 6.39. The Bertz CT molecular complexity index is 654. The van der Waals surface area contributed by atoms with E-state index in [9.17, 15) is 8.42 Å². The minimum atomic E-state index is -3.38. The lowest BCUT2D eigenvalue weighted by molar-refractivity contribution is 0.566. The van der Waals surface area contributed by atoms with Crippen molar-refractivity contribution < 1.29 is 8.42 Å². The Morgan fingerprint density at radius 2 is 1.65 bits per heavy atom. The van der Waals surface area contributed by atoms with Crippen molar-refractivity contribution in [2.75, 3.05) is 0 Å². The maximum Gasteiger partial charge on any atom is 0.216 e. The van der Waals surface area contributed by atoms with Crippen LogP contribution in [-0.2, 0) is 15.8 Å². The summed E-state index contributed by atoms with van der Waals surface area (Å²) in [5.41, 5.74) is 1.65. The normalized spacial score (nSPS) is 13.1. The van der Waals surface area contributed by atoms with Crippen LogP contribution in [0.2, 0.25) is 5.02 Å². The first kappa shape index (κ1) is 15.0. The minimum absolute atomic E-state index is 0.0221. The summed E-state index contributed by atoms with van der Waals surface area (Å²) in [6.45, 7) is 1.81. The van der Waals surface area contributed by atoms with Crippen LogP contribution in [0.5, 0.6) is 0 Å². The maximum atomic E-state index is 12.1. The number of rotatable bonds is 5. The van der Waals surface area contributed by atoms with E-state index in [1.807, 2.05) is 37.3 Å². The largest absolute Gasteiger partial charge is 0.216 e. The lowest BCUT2D eigenvalue weighted by Crippen LogP contribution is -2.28. The van der Waals surface area contributed by atoms with Gasteiger partial charge in [0, 0.05) is 11.1 Å². The zero-order valence-corrected chi connectivity index (χ0v) is 12.7. The predicted molar refractivity (Wildman–Crippen MR) is 82.1 cm³/mol. The molecule has 0 fully saturated rings. The summed E-state index contributed by atoms with van der Waals surface area (Å²) in [5.74, 6) is -0.0221. The molecule has 5 heteroatoms. The van der Waals surface area contributed by atoms with Crippen molar-refractivity contribution in [3.05, 3.63) is 70.7 Å². The summed E-state index contributed by atoms with van der Waals surface area (Å²) < 4.78 is 26.9. The Kier molecular flexibility index (Phi) is 4.81. The average Bonchev–Trinajstić information content (AvgIpc) is 2.39. The van der Waals surface area contributed by atoms with Gasteiger partial charge in [0.05, 0.1) is 5.75 Å². The molecule has 0 bridgehead atoms. The van der Waals surface area contributed by atoms with Gasteiger partial charge in [0.2, 0.25) is 10.0 Å². The van der Waals surface area contributed by atoms with Crippen molar-refractivity contribution in [2.24, 2.45) is 0 Å². The Morgan fingerprint density at radius 1 is 1.05 bits per heavy atom. The standard InChI is InChI=1S/C15H16ClNO2S/c1-12(14-7-9-15(16)10-8-14)17-20(18,19)11-13-5-3-2-4-6-13/h2-10,12,17H,11H2,1H3/t12-/m0/s1. The smallest absolute Gasteiger partial charge is 0.212 e. The molecular weight excluding hydrogens is 294 g/mol. The molecule has 0 saturated carbocycles. The molecule has 3 nitrogen and oxygen atoms in total. The SMILES string of the molecule is C[C@H](NS(=O)(=O)Cc1ccccc1)c1ccc(Cl)cc1. The molecule has 1 atom stereocenters. The molecular formula is C15H16ClNO2S. The molecule has 0 saturated heterocycles. The number of hydrogen-bond donors (Lipinski definition) is 1. The van der Waals surface area contributed by atoms with Gasteiger partial charge in [-0.05, 0) is 30.2 Å². The van der Waals surface area contributed by atoms with Gasteiger partial charge in [-0.2, -0.15) is 0 Å². The van der Waals surface area contributed by atoms with Crippen LogP contribution >= 0.6 is 11.6 Å². The second-order valence-corrected chi connectivity index (χ2v) is 6.83. The molecule has 2 aromatic carbocycles. The van der Waals surface area contributed by atoms with Gasteiger partial charge in [-0.25, -0.2) is 13.1 Å². The lowest BCUT2D eigenvalue weighted by Gasteiger charge is -2.14. The third kappa shape index (κ3) is 4.34. The van der Waals surface area contributed by atoms with E-state index >= 15 is 0 Å². The zero-order valence-electron chi connectivity index (χ0n) is 11.1. The molecule has 0 aromatic heterocycles. The van der Waals surface area contributed by atoms with Crippen molar-refractivity contribution in [1.29, 1.82) is 0 Å². The molecule has 0 unspecified atom stereocenters. The summed E-state index contributed by atoms with van der Waals surface area (Å²) in [5, 5.41) is 0.632. The van der Waals surface area contributed by atoms with Crippen molar-refractivity contribution in [3.8, 4) is 0 Å². The van der Waals surface area contributed by atoms with Crippen molar-refractivity contribution >= 4 is 21.6 Å².